The van der Waals surface area contributed by atoms with E-state index in [1.54, 1.807) is 67.8 Å². The molecule has 236 valence electrons. The number of amides is 2. The van der Waals surface area contributed by atoms with E-state index in [4.69, 9.17) is 16.3 Å². The van der Waals surface area contributed by atoms with Gasteiger partial charge in [0.1, 0.15) is 18.3 Å². The Kier molecular flexibility index (Phi) is 11.6. The van der Waals surface area contributed by atoms with Crippen LogP contribution in [0.25, 0.3) is 0 Å². The highest BCUT2D eigenvalue weighted by molar-refractivity contribution is 7.92. The quantitative estimate of drug-likeness (QED) is 0.179. The van der Waals surface area contributed by atoms with Crippen molar-refractivity contribution in [3.05, 3.63) is 125 Å². The van der Waals surface area contributed by atoms with Crippen molar-refractivity contribution in [3.8, 4) is 5.75 Å². The van der Waals surface area contributed by atoms with E-state index in [9.17, 15) is 18.0 Å². The van der Waals surface area contributed by atoms with Crippen LogP contribution in [-0.2, 0) is 32.6 Å². The molecule has 4 aromatic rings. The summed E-state index contributed by atoms with van der Waals surface area (Å²) in [6.45, 7) is 3.31. The molecule has 0 fully saturated rings. The van der Waals surface area contributed by atoms with Crippen LogP contribution in [-0.4, -0.2) is 50.9 Å². The molecule has 2 amide bonds. The smallest absolute Gasteiger partial charge is 0.264 e. The number of sulfonamides is 1. The van der Waals surface area contributed by atoms with Gasteiger partial charge in [-0.05, 0) is 60.9 Å². The van der Waals surface area contributed by atoms with Gasteiger partial charge < -0.3 is 15.0 Å². The summed E-state index contributed by atoms with van der Waals surface area (Å²) in [4.78, 5) is 29.9. The fraction of sp³-hybridized carbons (Fsp3) is 0.257. The molecule has 0 aliphatic heterocycles. The lowest BCUT2D eigenvalue weighted by molar-refractivity contribution is -0.140. The number of hydrogen-bond donors (Lipinski definition) is 1. The molecule has 8 nitrogen and oxygen atoms in total. The molecule has 2 unspecified atom stereocenters. The molecule has 45 heavy (non-hydrogen) atoms. The Labute approximate surface area is 270 Å². The largest absolute Gasteiger partial charge is 0.497 e. The molecule has 0 aliphatic rings. The van der Waals surface area contributed by atoms with Crippen molar-refractivity contribution >= 4 is 39.1 Å². The first-order valence-corrected chi connectivity index (χ1v) is 16.5. The molecular formula is C35H38ClN3O5S. The maximum atomic E-state index is 14.5. The molecule has 0 saturated heterocycles. The van der Waals surface area contributed by atoms with Crippen LogP contribution in [0.5, 0.6) is 5.75 Å². The number of rotatable bonds is 14. The van der Waals surface area contributed by atoms with Gasteiger partial charge in [0.05, 0.1) is 22.7 Å². The first-order valence-electron chi connectivity index (χ1n) is 14.7. The number of carbonyl (C=O) groups is 2. The molecule has 0 heterocycles. The number of carbonyl (C=O) groups excluding carboxylic acids is 2. The minimum Gasteiger partial charge on any atom is -0.497 e. The van der Waals surface area contributed by atoms with Gasteiger partial charge in [0.2, 0.25) is 11.8 Å². The van der Waals surface area contributed by atoms with Crippen LogP contribution >= 0.6 is 11.6 Å². The average molecular weight is 648 g/mol. The van der Waals surface area contributed by atoms with Crippen LogP contribution in [0.3, 0.4) is 0 Å². The normalized spacial score (nSPS) is 12.5. The lowest BCUT2D eigenvalue weighted by atomic mass is 10.0. The van der Waals surface area contributed by atoms with Gasteiger partial charge in [-0.25, -0.2) is 8.42 Å². The van der Waals surface area contributed by atoms with Crippen molar-refractivity contribution in [2.24, 2.45) is 0 Å². The summed E-state index contributed by atoms with van der Waals surface area (Å²) in [6, 6.07) is 29.9. The third-order valence-electron chi connectivity index (χ3n) is 7.49. The number of methoxy groups -OCH3 is 1. The van der Waals surface area contributed by atoms with Crippen molar-refractivity contribution in [1.29, 1.82) is 0 Å². The van der Waals surface area contributed by atoms with Crippen LogP contribution in [0.2, 0.25) is 5.02 Å². The van der Waals surface area contributed by atoms with Crippen molar-refractivity contribution < 1.29 is 22.7 Å². The molecule has 0 saturated carbocycles. The van der Waals surface area contributed by atoms with E-state index in [1.807, 2.05) is 50.2 Å². The molecule has 4 aromatic carbocycles. The average Bonchev–Trinajstić information content (AvgIpc) is 3.06. The lowest BCUT2D eigenvalue weighted by Gasteiger charge is -2.34. The number of nitrogens with zero attached hydrogens (tertiary/aromatic N) is 2. The maximum Gasteiger partial charge on any atom is 0.264 e. The molecule has 10 heteroatoms. The summed E-state index contributed by atoms with van der Waals surface area (Å²) < 4.78 is 34.6. The van der Waals surface area contributed by atoms with E-state index in [2.05, 4.69) is 5.32 Å². The predicted molar refractivity (Wildman–Crippen MR) is 178 cm³/mol. The summed E-state index contributed by atoms with van der Waals surface area (Å²) in [7, 11) is -2.68. The predicted octanol–water partition coefficient (Wildman–Crippen LogP) is 6.10. The van der Waals surface area contributed by atoms with Gasteiger partial charge in [0.25, 0.3) is 10.0 Å². The Morgan fingerprint density at radius 1 is 0.867 bits per heavy atom. The Morgan fingerprint density at radius 3 is 2.13 bits per heavy atom. The van der Waals surface area contributed by atoms with E-state index in [0.717, 1.165) is 9.87 Å². The SMILES string of the molecule is CCC(C)NC(=O)C(Cc1ccccc1)N(Cc1cccc(OC)c1)C(=O)CN(c1ccccc1Cl)S(=O)(=O)c1ccccc1. The van der Waals surface area contributed by atoms with Crippen molar-refractivity contribution in [2.45, 2.75) is 50.2 Å². The van der Waals surface area contributed by atoms with E-state index in [-0.39, 0.29) is 40.5 Å². The van der Waals surface area contributed by atoms with E-state index in [1.165, 1.54) is 17.0 Å². The van der Waals surface area contributed by atoms with Gasteiger partial charge in [-0.1, -0.05) is 91.3 Å². The highest BCUT2D eigenvalue weighted by atomic mass is 35.5. The second-order valence-corrected chi connectivity index (χ2v) is 12.9. The summed E-state index contributed by atoms with van der Waals surface area (Å²) >= 11 is 6.52. The first-order chi connectivity index (χ1) is 21.6. The van der Waals surface area contributed by atoms with E-state index in [0.29, 0.717) is 17.7 Å². The third-order valence-corrected chi connectivity index (χ3v) is 9.58. The minimum atomic E-state index is -4.24. The number of hydrogen-bond acceptors (Lipinski definition) is 5. The van der Waals surface area contributed by atoms with Crippen LogP contribution < -0.4 is 14.4 Å². The molecule has 1 N–H and O–H groups in total. The van der Waals surface area contributed by atoms with Gasteiger partial charge in [-0.15, -0.1) is 0 Å². The van der Waals surface area contributed by atoms with Gasteiger partial charge in [0.15, 0.2) is 0 Å². The summed E-state index contributed by atoms with van der Waals surface area (Å²) in [6.07, 6.45) is 0.916. The Hall–Kier alpha value is -4.34. The zero-order valence-corrected chi connectivity index (χ0v) is 27.2. The molecule has 0 spiro atoms. The van der Waals surface area contributed by atoms with E-state index < -0.39 is 28.5 Å². The van der Waals surface area contributed by atoms with E-state index >= 15 is 0 Å². The monoisotopic (exact) mass is 647 g/mol. The molecule has 0 bridgehead atoms. The number of ether oxygens (including phenoxy) is 1. The van der Waals surface area contributed by atoms with Crippen molar-refractivity contribution in [2.75, 3.05) is 18.0 Å². The molecule has 2 atom stereocenters. The Bertz CT molecular complexity index is 1690. The van der Waals surface area contributed by atoms with Crippen molar-refractivity contribution in [1.82, 2.24) is 10.2 Å². The molecular weight excluding hydrogens is 610 g/mol. The number of benzene rings is 4. The highest BCUT2D eigenvalue weighted by Gasteiger charge is 2.35. The van der Waals surface area contributed by atoms with Gasteiger partial charge in [-0.3, -0.25) is 13.9 Å². The number of nitrogens with one attached hydrogen (secondary N) is 1. The minimum absolute atomic E-state index is 0.00687. The van der Waals surface area contributed by atoms with Gasteiger partial charge in [0, 0.05) is 19.0 Å². The fourth-order valence-corrected chi connectivity index (χ4v) is 6.59. The van der Waals surface area contributed by atoms with Crippen LogP contribution in [0, 0.1) is 0 Å². The Balaban J connectivity index is 1.82. The summed E-state index contributed by atoms with van der Waals surface area (Å²) in [5, 5.41) is 3.20. The number of halogens is 1. The topological polar surface area (TPSA) is 96.0 Å². The van der Waals surface area contributed by atoms with Crippen LogP contribution in [0.4, 0.5) is 5.69 Å². The molecule has 0 aromatic heterocycles. The zero-order valence-electron chi connectivity index (χ0n) is 25.6. The second kappa shape index (κ2) is 15.6. The summed E-state index contributed by atoms with van der Waals surface area (Å²) in [5.41, 5.74) is 1.72. The molecule has 0 aliphatic carbocycles. The maximum absolute atomic E-state index is 14.5. The highest BCUT2D eigenvalue weighted by Crippen LogP contribution is 2.31. The standard InChI is InChI=1S/C35H38ClN3O5S/c1-4-26(2)37-35(41)33(23-27-14-7-5-8-15-27)38(24-28-16-13-17-29(22-28)44-3)34(40)25-39(32-21-12-11-20-31(32)36)45(42,43)30-18-9-6-10-19-30/h5-22,26,33H,4,23-25H2,1-3H3,(H,37,41). The number of anilines is 1. The van der Waals surface area contributed by atoms with Crippen LogP contribution in [0.1, 0.15) is 31.4 Å². The molecule has 0 radical (unpaired) electrons. The second-order valence-electron chi connectivity index (χ2n) is 10.7. The van der Waals surface area contributed by atoms with Gasteiger partial charge >= 0.3 is 0 Å². The zero-order chi connectivity index (χ0) is 32.4. The molecule has 4 rings (SSSR count). The Morgan fingerprint density at radius 2 is 1.49 bits per heavy atom. The van der Waals surface area contributed by atoms with Crippen molar-refractivity contribution in [3.63, 3.8) is 0 Å². The fourth-order valence-electron chi connectivity index (χ4n) is 4.85. The van der Waals surface area contributed by atoms with Gasteiger partial charge in [-0.2, -0.15) is 0 Å². The summed E-state index contributed by atoms with van der Waals surface area (Å²) in [5.74, 6) is -0.315. The first kappa shape index (κ1) is 33.6. The lowest BCUT2D eigenvalue weighted by Crippen LogP contribution is -2.54. The van der Waals surface area contributed by atoms with Crippen LogP contribution in [0.15, 0.2) is 114 Å². The number of para-hydroxylation sites is 1. The third kappa shape index (κ3) is 8.65.